The minimum absolute atomic E-state index is 1.22. The second-order valence-electron chi connectivity index (χ2n) is 8.01. The highest BCUT2D eigenvalue weighted by Gasteiger charge is 2.05. The van der Waals surface area contributed by atoms with Crippen LogP contribution in [0.2, 0.25) is 0 Å². The zero-order valence-corrected chi connectivity index (χ0v) is 19.8. The van der Waals surface area contributed by atoms with Crippen molar-refractivity contribution in [3.05, 3.63) is 27.3 Å². The van der Waals surface area contributed by atoms with Crippen LogP contribution in [0.3, 0.4) is 0 Å². The number of anilines is 1. The predicted molar refractivity (Wildman–Crippen MR) is 128 cm³/mol. The Morgan fingerprint density at radius 3 is 1.62 bits per heavy atom. The van der Waals surface area contributed by atoms with Gasteiger partial charge in [-0.05, 0) is 59.2 Å². The molecule has 1 aromatic rings. The monoisotopic (exact) mass is 471 g/mol. The van der Waals surface area contributed by atoms with Gasteiger partial charge in [-0.1, -0.05) is 90.4 Å². The summed E-state index contributed by atoms with van der Waals surface area (Å²) in [6.07, 6.45) is 21.3. The van der Waals surface area contributed by atoms with Gasteiger partial charge in [0, 0.05) is 23.4 Å². The van der Waals surface area contributed by atoms with Gasteiger partial charge in [0.25, 0.3) is 0 Å². The number of rotatable bonds is 16. The van der Waals surface area contributed by atoms with Crippen LogP contribution in [0.1, 0.15) is 102 Å². The fraction of sp³-hybridized carbons (Fsp3) is 0.750. The highest BCUT2D eigenvalue weighted by Crippen LogP contribution is 2.23. The first-order chi connectivity index (χ1) is 12.6. The van der Waals surface area contributed by atoms with E-state index in [2.05, 4.69) is 66.7 Å². The highest BCUT2D eigenvalue weighted by atomic mass is 127. The van der Waals surface area contributed by atoms with Gasteiger partial charge in [0.1, 0.15) is 0 Å². The van der Waals surface area contributed by atoms with Crippen LogP contribution in [0.4, 0.5) is 5.69 Å². The molecule has 0 aromatic heterocycles. The third-order valence-electron chi connectivity index (χ3n) is 5.32. The molecule has 0 amide bonds. The van der Waals surface area contributed by atoms with Crippen molar-refractivity contribution in [2.75, 3.05) is 19.0 Å². The normalized spacial score (nSPS) is 11.1. The Balaban J connectivity index is 1.96. The summed E-state index contributed by atoms with van der Waals surface area (Å²) < 4.78 is 1.36. The quantitative estimate of drug-likeness (QED) is 0.173. The number of unbranched alkanes of at least 4 members (excludes halogenated alkanes) is 13. The molecule has 0 atom stereocenters. The van der Waals surface area contributed by atoms with Gasteiger partial charge in [-0.25, -0.2) is 0 Å². The van der Waals surface area contributed by atoms with Gasteiger partial charge in [-0.15, -0.1) is 0 Å². The fourth-order valence-electron chi connectivity index (χ4n) is 3.70. The third kappa shape index (κ3) is 11.5. The first-order valence-corrected chi connectivity index (χ1v) is 12.2. The highest BCUT2D eigenvalue weighted by molar-refractivity contribution is 14.1. The van der Waals surface area contributed by atoms with Crippen molar-refractivity contribution in [1.29, 1.82) is 0 Å². The molecule has 0 aliphatic carbocycles. The van der Waals surface area contributed by atoms with Crippen molar-refractivity contribution in [3.8, 4) is 0 Å². The molecule has 0 aliphatic heterocycles. The lowest BCUT2D eigenvalue weighted by Gasteiger charge is -2.17. The van der Waals surface area contributed by atoms with E-state index >= 15 is 0 Å². The van der Waals surface area contributed by atoms with Crippen molar-refractivity contribution >= 4 is 28.3 Å². The van der Waals surface area contributed by atoms with Gasteiger partial charge < -0.3 is 4.90 Å². The van der Waals surface area contributed by atoms with Crippen molar-refractivity contribution in [2.24, 2.45) is 0 Å². The van der Waals surface area contributed by atoms with E-state index in [1.54, 1.807) is 0 Å². The molecule has 0 spiro atoms. The van der Waals surface area contributed by atoms with Crippen LogP contribution in [0.5, 0.6) is 0 Å². The summed E-state index contributed by atoms with van der Waals surface area (Å²) in [5.74, 6) is 0. The lowest BCUT2D eigenvalue weighted by molar-refractivity contribution is 0.535. The molecular formula is C24H42IN. The molecule has 1 aromatic carbocycles. The Kier molecular flexibility index (Phi) is 14.4. The fourth-order valence-corrected chi connectivity index (χ4v) is 4.26. The standard InChI is InChI=1S/C24H42IN/c1-4-5-6-7-8-9-10-11-12-13-14-15-16-17-18-22-21-23(25)19-20-24(22)26(2)3/h19-21H,4-18H2,1-3H3. The molecule has 1 rings (SSSR count). The van der Waals surface area contributed by atoms with E-state index in [-0.39, 0.29) is 0 Å². The molecule has 0 heterocycles. The molecule has 0 N–H and O–H groups in total. The van der Waals surface area contributed by atoms with Gasteiger partial charge in [0.15, 0.2) is 0 Å². The van der Waals surface area contributed by atoms with Gasteiger partial charge in [0.2, 0.25) is 0 Å². The van der Waals surface area contributed by atoms with Crippen LogP contribution in [-0.4, -0.2) is 14.1 Å². The molecule has 1 nitrogen and oxygen atoms in total. The average molecular weight is 472 g/mol. The Bertz CT molecular complexity index is 456. The summed E-state index contributed by atoms with van der Waals surface area (Å²) in [6.45, 7) is 2.29. The summed E-state index contributed by atoms with van der Waals surface area (Å²) in [5, 5.41) is 0. The number of benzene rings is 1. The van der Waals surface area contributed by atoms with Crippen molar-refractivity contribution < 1.29 is 0 Å². The molecule has 0 unspecified atom stereocenters. The van der Waals surface area contributed by atoms with Crippen LogP contribution >= 0.6 is 22.6 Å². The van der Waals surface area contributed by atoms with E-state index in [1.165, 1.54) is 111 Å². The van der Waals surface area contributed by atoms with E-state index in [4.69, 9.17) is 0 Å². The second-order valence-corrected chi connectivity index (χ2v) is 9.26. The summed E-state index contributed by atoms with van der Waals surface area (Å²) >= 11 is 2.43. The molecule has 150 valence electrons. The van der Waals surface area contributed by atoms with Crippen LogP contribution in [0.25, 0.3) is 0 Å². The number of halogens is 1. The minimum atomic E-state index is 1.22. The van der Waals surface area contributed by atoms with Crippen LogP contribution in [-0.2, 0) is 6.42 Å². The SMILES string of the molecule is CCCCCCCCCCCCCCCCc1cc(I)ccc1N(C)C. The topological polar surface area (TPSA) is 3.24 Å². The van der Waals surface area contributed by atoms with E-state index in [0.717, 1.165) is 0 Å². The maximum Gasteiger partial charge on any atom is 0.0394 e. The van der Waals surface area contributed by atoms with Crippen LogP contribution in [0, 0.1) is 3.57 Å². The number of nitrogens with zero attached hydrogens (tertiary/aromatic N) is 1. The Hall–Kier alpha value is -0.250. The summed E-state index contributed by atoms with van der Waals surface area (Å²) in [6, 6.07) is 6.84. The van der Waals surface area contributed by atoms with E-state index in [0.29, 0.717) is 0 Å². The average Bonchev–Trinajstić information content (AvgIpc) is 2.61. The molecule has 0 fully saturated rings. The molecule has 2 heteroatoms. The van der Waals surface area contributed by atoms with Gasteiger partial charge in [0.05, 0.1) is 0 Å². The number of hydrogen-bond acceptors (Lipinski definition) is 1. The molecule has 0 saturated heterocycles. The van der Waals surface area contributed by atoms with E-state index in [9.17, 15) is 0 Å². The van der Waals surface area contributed by atoms with Crippen molar-refractivity contribution in [1.82, 2.24) is 0 Å². The van der Waals surface area contributed by atoms with Crippen molar-refractivity contribution in [2.45, 2.75) is 103 Å². The Morgan fingerprint density at radius 1 is 0.692 bits per heavy atom. The zero-order chi connectivity index (χ0) is 19.0. The molecule has 26 heavy (non-hydrogen) atoms. The zero-order valence-electron chi connectivity index (χ0n) is 17.7. The molecule has 0 radical (unpaired) electrons. The predicted octanol–water partition coefficient (Wildman–Crippen LogP) is 8.38. The minimum Gasteiger partial charge on any atom is -0.377 e. The van der Waals surface area contributed by atoms with Crippen LogP contribution in [0.15, 0.2) is 18.2 Å². The molecule has 0 saturated carbocycles. The molecular weight excluding hydrogens is 429 g/mol. The summed E-state index contributed by atoms with van der Waals surface area (Å²) in [7, 11) is 4.30. The Labute approximate surface area is 177 Å². The first kappa shape index (κ1) is 23.8. The Morgan fingerprint density at radius 2 is 1.15 bits per heavy atom. The lowest BCUT2D eigenvalue weighted by atomic mass is 10.0. The smallest absolute Gasteiger partial charge is 0.0394 e. The maximum atomic E-state index is 2.43. The van der Waals surface area contributed by atoms with Gasteiger partial charge >= 0.3 is 0 Å². The molecule has 0 bridgehead atoms. The van der Waals surface area contributed by atoms with Gasteiger partial charge in [-0.2, -0.15) is 0 Å². The lowest BCUT2D eigenvalue weighted by Crippen LogP contribution is -2.11. The number of hydrogen-bond donors (Lipinski definition) is 0. The third-order valence-corrected chi connectivity index (χ3v) is 5.99. The van der Waals surface area contributed by atoms with Crippen molar-refractivity contribution in [3.63, 3.8) is 0 Å². The largest absolute Gasteiger partial charge is 0.377 e. The number of aryl methyl sites for hydroxylation is 1. The van der Waals surface area contributed by atoms with Crippen LogP contribution < -0.4 is 4.90 Å². The van der Waals surface area contributed by atoms with E-state index in [1.807, 2.05) is 0 Å². The molecule has 0 aliphatic rings. The summed E-state index contributed by atoms with van der Waals surface area (Å²) in [4.78, 5) is 2.25. The second kappa shape index (κ2) is 15.8. The van der Waals surface area contributed by atoms with Gasteiger partial charge in [-0.3, -0.25) is 0 Å². The first-order valence-electron chi connectivity index (χ1n) is 11.1. The summed E-state index contributed by atoms with van der Waals surface area (Å²) in [5.41, 5.74) is 2.90. The van der Waals surface area contributed by atoms with E-state index < -0.39 is 0 Å². The maximum absolute atomic E-state index is 2.43.